The van der Waals surface area contributed by atoms with Crippen LogP contribution in [-0.4, -0.2) is 13.7 Å². The van der Waals surface area contributed by atoms with Crippen LogP contribution >= 0.6 is 15.9 Å². The van der Waals surface area contributed by atoms with Crippen LogP contribution in [0.5, 0.6) is 11.5 Å². The third kappa shape index (κ3) is 4.82. The SMILES string of the molecule is C=CCOc1c(Br)cc(CNCc2ccc(F)c(C)c2)cc1OC. The van der Waals surface area contributed by atoms with Gasteiger partial charge in [0.15, 0.2) is 11.5 Å². The first-order valence-electron chi connectivity index (χ1n) is 7.61. The molecule has 0 saturated carbocycles. The van der Waals surface area contributed by atoms with E-state index in [4.69, 9.17) is 9.47 Å². The lowest BCUT2D eigenvalue weighted by Crippen LogP contribution is -2.13. The zero-order valence-corrected chi connectivity index (χ0v) is 15.5. The summed E-state index contributed by atoms with van der Waals surface area (Å²) in [6.07, 6.45) is 1.69. The third-order valence-electron chi connectivity index (χ3n) is 3.52. The number of hydrogen-bond acceptors (Lipinski definition) is 3. The molecule has 0 bridgehead atoms. The number of halogens is 2. The van der Waals surface area contributed by atoms with E-state index in [1.165, 1.54) is 6.07 Å². The monoisotopic (exact) mass is 393 g/mol. The summed E-state index contributed by atoms with van der Waals surface area (Å²) in [5.74, 6) is 1.15. The van der Waals surface area contributed by atoms with Gasteiger partial charge in [-0.05, 0) is 57.7 Å². The van der Waals surface area contributed by atoms with E-state index in [1.807, 2.05) is 18.2 Å². The number of rotatable bonds is 8. The number of nitrogens with one attached hydrogen (secondary N) is 1. The van der Waals surface area contributed by atoms with Gasteiger partial charge < -0.3 is 14.8 Å². The van der Waals surface area contributed by atoms with Gasteiger partial charge in [0.05, 0.1) is 11.6 Å². The molecule has 0 spiro atoms. The molecule has 2 rings (SSSR count). The van der Waals surface area contributed by atoms with Crippen LogP contribution in [-0.2, 0) is 13.1 Å². The second-order valence-electron chi connectivity index (χ2n) is 5.40. The highest BCUT2D eigenvalue weighted by Gasteiger charge is 2.11. The number of methoxy groups -OCH3 is 1. The zero-order chi connectivity index (χ0) is 17.5. The summed E-state index contributed by atoms with van der Waals surface area (Å²) in [5, 5.41) is 3.35. The van der Waals surface area contributed by atoms with Crippen LogP contribution in [0.3, 0.4) is 0 Å². The maximum Gasteiger partial charge on any atom is 0.175 e. The van der Waals surface area contributed by atoms with Gasteiger partial charge in [0, 0.05) is 13.1 Å². The van der Waals surface area contributed by atoms with Crippen molar-refractivity contribution >= 4 is 15.9 Å². The van der Waals surface area contributed by atoms with Gasteiger partial charge in [0.25, 0.3) is 0 Å². The lowest BCUT2D eigenvalue weighted by Gasteiger charge is -2.14. The smallest absolute Gasteiger partial charge is 0.175 e. The fraction of sp³-hybridized carbons (Fsp3) is 0.263. The summed E-state index contributed by atoms with van der Waals surface area (Å²) >= 11 is 3.51. The van der Waals surface area contributed by atoms with Gasteiger partial charge in [-0.25, -0.2) is 4.39 Å². The van der Waals surface area contributed by atoms with E-state index in [0.717, 1.165) is 15.6 Å². The highest BCUT2D eigenvalue weighted by molar-refractivity contribution is 9.10. The van der Waals surface area contributed by atoms with Crippen molar-refractivity contribution in [1.82, 2.24) is 5.32 Å². The van der Waals surface area contributed by atoms with Crippen LogP contribution in [0.15, 0.2) is 47.5 Å². The van der Waals surface area contributed by atoms with Crippen molar-refractivity contribution in [3.05, 3.63) is 70.0 Å². The molecule has 0 heterocycles. The molecule has 24 heavy (non-hydrogen) atoms. The first-order chi connectivity index (χ1) is 11.5. The molecule has 2 aromatic carbocycles. The molecule has 0 atom stereocenters. The highest BCUT2D eigenvalue weighted by atomic mass is 79.9. The van der Waals surface area contributed by atoms with Crippen LogP contribution in [0.25, 0.3) is 0 Å². The first-order valence-corrected chi connectivity index (χ1v) is 8.40. The molecule has 0 saturated heterocycles. The molecule has 0 aliphatic carbocycles. The second-order valence-corrected chi connectivity index (χ2v) is 6.25. The molecule has 0 radical (unpaired) electrons. The second kappa shape index (κ2) is 8.85. The Morgan fingerprint density at radius 1 is 1.21 bits per heavy atom. The van der Waals surface area contributed by atoms with Crippen molar-refractivity contribution in [1.29, 1.82) is 0 Å². The minimum absolute atomic E-state index is 0.178. The lowest BCUT2D eigenvalue weighted by molar-refractivity contribution is 0.324. The number of benzene rings is 2. The van der Waals surface area contributed by atoms with E-state index in [2.05, 4.69) is 27.8 Å². The Kier molecular flexibility index (Phi) is 6.82. The Morgan fingerprint density at radius 3 is 2.62 bits per heavy atom. The molecular weight excluding hydrogens is 373 g/mol. The third-order valence-corrected chi connectivity index (χ3v) is 4.10. The van der Waals surface area contributed by atoms with Gasteiger partial charge in [0.2, 0.25) is 0 Å². The van der Waals surface area contributed by atoms with E-state index >= 15 is 0 Å². The number of hydrogen-bond donors (Lipinski definition) is 1. The van der Waals surface area contributed by atoms with E-state index in [9.17, 15) is 4.39 Å². The molecular formula is C19H21BrFNO2. The van der Waals surface area contributed by atoms with Crippen molar-refractivity contribution in [3.8, 4) is 11.5 Å². The molecule has 0 fully saturated rings. The van der Waals surface area contributed by atoms with Gasteiger partial charge in [-0.2, -0.15) is 0 Å². The van der Waals surface area contributed by atoms with E-state index in [1.54, 1.807) is 26.2 Å². The van der Waals surface area contributed by atoms with Gasteiger partial charge >= 0.3 is 0 Å². The van der Waals surface area contributed by atoms with Gasteiger partial charge in [-0.15, -0.1) is 0 Å². The fourth-order valence-electron chi connectivity index (χ4n) is 2.33. The quantitative estimate of drug-likeness (QED) is 0.655. The molecule has 0 aromatic heterocycles. The molecule has 0 aliphatic rings. The van der Waals surface area contributed by atoms with E-state index < -0.39 is 0 Å². The molecule has 2 aromatic rings. The van der Waals surface area contributed by atoms with Crippen molar-refractivity contribution in [2.45, 2.75) is 20.0 Å². The van der Waals surface area contributed by atoms with Gasteiger partial charge in [-0.1, -0.05) is 24.8 Å². The average Bonchev–Trinajstić information content (AvgIpc) is 2.56. The van der Waals surface area contributed by atoms with Crippen LogP contribution in [0.2, 0.25) is 0 Å². The molecule has 5 heteroatoms. The van der Waals surface area contributed by atoms with Crippen molar-refractivity contribution in [3.63, 3.8) is 0 Å². The van der Waals surface area contributed by atoms with Crippen molar-refractivity contribution in [2.24, 2.45) is 0 Å². The molecule has 3 nitrogen and oxygen atoms in total. The van der Waals surface area contributed by atoms with Crippen LogP contribution in [0, 0.1) is 12.7 Å². The summed E-state index contributed by atoms with van der Waals surface area (Å²) in [6.45, 7) is 7.15. The highest BCUT2D eigenvalue weighted by Crippen LogP contribution is 2.36. The van der Waals surface area contributed by atoms with Crippen LogP contribution in [0.4, 0.5) is 4.39 Å². The topological polar surface area (TPSA) is 30.5 Å². The Balaban J connectivity index is 2.02. The minimum Gasteiger partial charge on any atom is -0.493 e. The normalized spacial score (nSPS) is 10.5. The Bertz CT molecular complexity index is 719. The molecule has 0 amide bonds. The molecule has 0 unspecified atom stereocenters. The van der Waals surface area contributed by atoms with E-state index in [0.29, 0.717) is 36.8 Å². The van der Waals surface area contributed by atoms with Crippen LogP contribution in [0.1, 0.15) is 16.7 Å². The Labute approximate surface area is 150 Å². The summed E-state index contributed by atoms with van der Waals surface area (Å²) in [7, 11) is 1.61. The maximum absolute atomic E-state index is 13.3. The van der Waals surface area contributed by atoms with Gasteiger partial charge in [0.1, 0.15) is 12.4 Å². The van der Waals surface area contributed by atoms with Crippen molar-refractivity contribution in [2.75, 3.05) is 13.7 Å². The molecule has 0 aliphatic heterocycles. The van der Waals surface area contributed by atoms with Gasteiger partial charge in [-0.3, -0.25) is 0 Å². The van der Waals surface area contributed by atoms with Crippen LogP contribution < -0.4 is 14.8 Å². The fourth-order valence-corrected chi connectivity index (χ4v) is 2.93. The number of ether oxygens (including phenoxy) is 2. The molecule has 128 valence electrons. The predicted octanol–water partition coefficient (Wildman–Crippen LogP) is 4.76. The Hall–Kier alpha value is -1.85. The largest absolute Gasteiger partial charge is 0.493 e. The van der Waals surface area contributed by atoms with E-state index in [-0.39, 0.29) is 5.82 Å². The summed E-state index contributed by atoms with van der Waals surface area (Å²) in [4.78, 5) is 0. The van der Waals surface area contributed by atoms with Crippen molar-refractivity contribution < 1.29 is 13.9 Å². The maximum atomic E-state index is 13.3. The standard InChI is InChI=1S/C19H21BrFNO2/c1-4-7-24-19-16(20)9-15(10-18(19)23-3)12-22-11-14-5-6-17(21)13(2)8-14/h4-6,8-10,22H,1,7,11-12H2,2-3H3. The lowest BCUT2D eigenvalue weighted by atomic mass is 10.1. The summed E-state index contributed by atoms with van der Waals surface area (Å²) in [5.41, 5.74) is 2.76. The average molecular weight is 394 g/mol. The predicted molar refractivity (Wildman–Crippen MR) is 98.1 cm³/mol. The summed E-state index contributed by atoms with van der Waals surface area (Å²) < 4.78 is 25.1. The molecule has 1 N–H and O–H groups in total. The zero-order valence-electron chi connectivity index (χ0n) is 13.9. The number of aryl methyl sites for hydroxylation is 1. The minimum atomic E-state index is -0.178. The first kappa shape index (κ1) is 18.5. The Morgan fingerprint density at radius 2 is 1.96 bits per heavy atom. The summed E-state index contributed by atoms with van der Waals surface area (Å²) in [6, 6.07) is 9.07.